The van der Waals surface area contributed by atoms with E-state index in [-0.39, 0.29) is 12.6 Å². The molecule has 1 unspecified atom stereocenters. The van der Waals surface area contributed by atoms with Crippen molar-refractivity contribution in [1.29, 1.82) is 0 Å². The monoisotopic (exact) mass is 344 g/mol. The molecule has 0 aliphatic rings. The second kappa shape index (κ2) is 9.94. The van der Waals surface area contributed by atoms with Crippen LogP contribution in [0.5, 0.6) is 0 Å². The van der Waals surface area contributed by atoms with Crippen LogP contribution in [0.4, 0.5) is 11.8 Å². The molecule has 1 aromatic heterocycles. The topological polar surface area (TPSA) is 70.1 Å². The van der Waals surface area contributed by atoms with E-state index in [1.807, 2.05) is 0 Å². The van der Waals surface area contributed by atoms with Gasteiger partial charge in [0.1, 0.15) is 5.82 Å². The maximum absolute atomic E-state index is 9.11. The van der Waals surface area contributed by atoms with Crippen LogP contribution in [-0.2, 0) is 0 Å². The standard InChI is InChI=1S/C14H25BrN4O/c1-3-5-8-16-14-17-10-12(15)13(19-14)18-11(6-4-2)7-9-20/h10-11,20H,3-9H2,1-2H3,(H2,16,17,18,19). The number of nitrogens with one attached hydrogen (secondary N) is 2. The number of unbranched alkanes of at least 4 members (excludes halogenated alkanes) is 1. The lowest BCUT2D eigenvalue weighted by molar-refractivity contribution is 0.276. The summed E-state index contributed by atoms with van der Waals surface area (Å²) in [4.78, 5) is 8.74. The molecule has 0 saturated heterocycles. The van der Waals surface area contributed by atoms with Crippen molar-refractivity contribution in [1.82, 2.24) is 9.97 Å². The number of rotatable bonds is 10. The van der Waals surface area contributed by atoms with Crippen LogP contribution in [0, 0.1) is 0 Å². The van der Waals surface area contributed by atoms with Crippen LogP contribution in [-0.4, -0.2) is 34.3 Å². The zero-order valence-corrected chi connectivity index (χ0v) is 13.9. The lowest BCUT2D eigenvalue weighted by Crippen LogP contribution is -2.22. The Hall–Kier alpha value is -0.880. The lowest BCUT2D eigenvalue weighted by atomic mass is 10.1. The normalized spacial score (nSPS) is 12.2. The first kappa shape index (κ1) is 17.2. The molecule has 0 aromatic carbocycles. The van der Waals surface area contributed by atoms with Gasteiger partial charge in [-0.25, -0.2) is 4.98 Å². The summed E-state index contributed by atoms with van der Waals surface area (Å²) in [6.07, 6.45) is 6.81. The summed E-state index contributed by atoms with van der Waals surface area (Å²) in [5.41, 5.74) is 0. The molecule has 1 aromatic rings. The van der Waals surface area contributed by atoms with Crippen molar-refractivity contribution in [2.75, 3.05) is 23.8 Å². The van der Waals surface area contributed by atoms with E-state index in [1.165, 1.54) is 0 Å². The molecule has 0 amide bonds. The summed E-state index contributed by atoms with van der Waals surface area (Å²) in [7, 11) is 0. The minimum Gasteiger partial charge on any atom is -0.396 e. The van der Waals surface area contributed by atoms with Crippen molar-refractivity contribution < 1.29 is 5.11 Å². The van der Waals surface area contributed by atoms with Crippen LogP contribution >= 0.6 is 15.9 Å². The third-order valence-corrected chi connectivity index (χ3v) is 3.59. The molecule has 0 spiro atoms. The predicted octanol–water partition coefficient (Wildman–Crippen LogP) is 3.41. The molecule has 0 saturated carbocycles. The first-order chi connectivity index (χ1) is 9.71. The highest BCUT2D eigenvalue weighted by molar-refractivity contribution is 9.10. The molecule has 0 aliphatic carbocycles. The molecular formula is C14H25BrN4O. The average Bonchev–Trinajstić information content (AvgIpc) is 2.43. The van der Waals surface area contributed by atoms with E-state index in [0.29, 0.717) is 5.95 Å². The first-order valence-corrected chi connectivity index (χ1v) is 8.14. The Morgan fingerprint density at radius 1 is 1.30 bits per heavy atom. The van der Waals surface area contributed by atoms with Gasteiger partial charge in [-0.15, -0.1) is 0 Å². The van der Waals surface area contributed by atoms with Crippen LogP contribution in [0.15, 0.2) is 10.7 Å². The Morgan fingerprint density at radius 3 is 2.75 bits per heavy atom. The van der Waals surface area contributed by atoms with Crippen molar-refractivity contribution in [3.8, 4) is 0 Å². The summed E-state index contributed by atoms with van der Waals surface area (Å²) in [6.45, 7) is 5.36. The predicted molar refractivity (Wildman–Crippen MR) is 87.2 cm³/mol. The van der Waals surface area contributed by atoms with Crippen LogP contribution in [0.25, 0.3) is 0 Å². The van der Waals surface area contributed by atoms with Crippen molar-refractivity contribution in [2.24, 2.45) is 0 Å². The molecule has 20 heavy (non-hydrogen) atoms. The number of aliphatic hydroxyl groups excluding tert-OH is 1. The Bertz CT molecular complexity index is 383. The number of hydrogen-bond acceptors (Lipinski definition) is 5. The second-order valence-electron chi connectivity index (χ2n) is 4.81. The van der Waals surface area contributed by atoms with Gasteiger partial charge in [0.2, 0.25) is 5.95 Å². The zero-order chi connectivity index (χ0) is 14.8. The Morgan fingerprint density at radius 2 is 2.10 bits per heavy atom. The van der Waals surface area contributed by atoms with Gasteiger partial charge in [0, 0.05) is 25.4 Å². The molecular weight excluding hydrogens is 320 g/mol. The highest BCUT2D eigenvalue weighted by Crippen LogP contribution is 2.22. The van der Waals surface area contributed by atoms with Crippen LogP contribution < -0.4 is 10.6 Å². The maximum Gasteiger partial charge on any atom is 0.224 e. The quantitative estimate of drug-likeness (QED) is 0.567. The third kappa shape index (κ3) is 6.05. The van der Waals surface area contributed by atoms with Gasteiger partial charge in [0.05, 0.1) is 4.47 Å². The van der Waals surface area contributed by atoms with Gasteiger partial charge in [-0.2, -0.15) is 4.98 Å². The minimum absolute atomic E-state index is 0.183. The SMILES string of the molecule is CCCCNc1ncc(Br)c(NC(CCC)CCO)n1. The molecule has 1 rings (SSSR count). The third-order valence-electron chi connectivity index (χ3n) is 3.01. The molecule has 114 valence electrons. The van der Waals surface area contributed by atoms with Gasteiger partial charge in [-0.3, -0.25) is 0 Å². The Balaban J connectivity index is 2.68. The van der Waals surface area contributed by atoms with E-state index < -0.39 is 0 Å². The van der Waals surface area contributed by atoms with Crippen molar-refractivity contribution in [2.45, 2.75) is 52.0 Å². The molecule has 0 radical (unpaired) electrons. The summed E-state index contributed by atoms with van der Waals surface area (Å²) >= 11 is 3.47. The number of nitrogens with zero attached hydrogens (tertiary/aromatic N) is 2. The number of anilines is 2. The lowest BCUT2D eigenvalue weighted by Gasteiger charge is -2.19. The molecule has 1 atom stereocenters. The van der Waals surface area contributed by atoms with E-state index in [9.17, 15) is 0 Å². The summed E-state index contributed by atoms with van der Waals surface area (Å²) in [6, 6.07) is 0.236. The number of aromatic nitrogens is 2. The molecule has 5 nitrogen and oxygen atoms in total. The van der Waals surface area contributed by atoms with E-state index in [2.05, 4.69) is 50.4 Å². The molecule has 1 heterocycles. The fraction of sp³-hybridized carbons (Fsp3) is 0.714. The van der Waals surface area contributed by atoms with Crippen LogP contribution in [0.1, 0.15) is 46.0 Å². The Labute approximate surface area is 129 Å². The largest absolute Gasteiger partial charge is 0.396 e. The number of halogens is 1. The molecule has 0 aliphatic heterocycles. The van der Waals surface area contributed by atoms with E-state index in [1.54, 1.807) is 6.20 Å². The van der Waals surface area contributed by atoms with Crippen molar-refractivity contribution in [3.05, 3.63) is 10.7 Å². The van der Waals surface area contributed by atoms with E-state index >= 15 is 0 Å². The molecule has 0 fully saturated rings. The van der Waals surface area contributed by atoms with Gasteiger partial charge < -0.3 is 15.7 Å². The summed E-state index contributed by atoms with van der Waals surface area (Å²) in [5.74, 6) is 1.43. The molecule has 0 bridgehead atoms. The van der Waals surface area contributed by atoms with E-state index in [4.69, 9.17) is 5.11 Å². The number of hydrogen-bond donors (Lipinski definition) is 3. The first-order valence-electron chi connectivity index (χ1n) is 7.35. The minimum atomic E-state index is 0.183. The fourth-order valence-electron chi connectivity index (χ4n) is 1.92. The van der Waals surface area contributed by atoms with Crippen LogP contribution in [0.3, 0.4) is 0 Å². The zero-order valence-electron chi connectivity index (χ0n) is 12.3. The number of aliphatic hydroxyl groups is 1. The smallest absolute Gasteiger partial charge is 0.224 e. The summed E-state index contributed by atoms with van der Waals surface area (Å²) in [5, 5.41) is 15.7. The fourth-order valence-corrected chi connectivity index (χ4v) is 2.22. The second-order valence-corrected chi connectivity index (χ2v) is 5.67. The maximum atomic E-state index is 9.11. The Kier molecular flexibility index (Phi) is 8.53. The van der Waals surface area contributed by atoms with Crippen LogP contribution in [0.2, 0.25) is 0 Å². The van der Waals surface area contributed by atoms with Crippen molar-refractivity contribution in [3.63, 3.8) is 0 Å². The summed E-state index contributed by atoms with van der Waals surface area (Å²) < 4.78 is 0.845. The van der Waals surface area contributed by atoms with Gasteiger partial charge in [0.25, 0.3) is 0 Å². The van der Waals surface area contributed by atoms with E-state index in [0.717, 1.165) is 48.9 Å². The molecule has 3 N–H and O–H groups in total. The highest BCUT2D eigenvalue weighted by Gasteiger charge is 2.11. The van der Waals surface area contributed by atoms with Gasteiger partial charge in [-0.1, -0.05) is 26.7 Å². The van der Waals surface area contributed by atoms with Gasteiger partial charge in [0.15, 0.2) is 0 Å². The molecule has 6 heteroatoms. The van der Waals surface area contributed by atoms with Gasteiger partial charge >= 0.3 is 0 Å². The van der Waals surface area contributed by atoms with Crippen molar-refractivity contribution >= 4 is 27.7 Å². The highest BCUT2D eigenvalue weighted by atomic mass is 79.9. The van der Waals surface area contributed by atoms with Gasteiger partial charge in [-0.05, 0) is 35.2 Å². The average molecular weight is 345 g/mol.